The van der Waals surface area contributed by atoms with E-state index in [4.69, 9.17) is 14.6 Å². The minimum Gasteiger partial charge on any atom is -0.396 e. The maximum Gasteiger partial charge on any atom is 0.158 e. The molecule has 0 aromatic rings. The van der Waals surface area contributed by atoms with Crippen molar-refractivity contribution in [1.29, 1.82) is 0 Å². The van der Waals surface area contributed by atoms with Gasteiger partial charge in [0.25, 0.3) is 0 Å². The van der Waals surface area contributed by atoms with E-state index in [-0.39, 0.29) is 18.8 Å². The molecule has 144 valence electrons. The molecule has 0 radical (unpaired) electrons. The molecule has 2 unspecified atom stereocenters. The molecule has 0 aliphatic carbocycles. The minimum atomic E-state index is -0.0656. The summed E-state index contributed by atoms with van der Waals surface area (Å²) in [7, 11) is 0. The molecule has 0 amide bonds. The quantitative estimate of drug-likeness (QED) is 0.337. The number of ether oxygens (including phenoxy) is 2. The third-order valence-electron chi connectivity index (χ3n) is 5.10. The third-order valence-corrected chi connectivity index (χ3v) is 5.10. The molecule has 0 aromatic heterocycles. The van der Waals surface area contributed by atoms with E-state index in [1.54, 1.807) is 0 Å². The summed E-state index contributed by atoms with van der Waals surface area (Å²) >= 11 is 0. The Hall–Kier alpha value is -0.120. The molecule has 0 bridgehead atoms. The second kappa shape index (κ2) is 16.4. The first-order chi connectivity index (χ1) is 11.9. The van der Waals surface area contributed by atoms with Gasteiger partial charge in [-0.3, -0.25) is 0 Å². The van der Waals surface area contributed by atoms with Gasteiger partial charge in [-0.05, 0) is 6.42 Å². The van der Waals surface area contributed by atoms with Crippen molar-refractivity contribution >= 4 is 0 Å². The SMILES string of the molecule is CCCCCCCCCCCCCCCCOC1CC(CO)CO1. The Balaban J connectivity index is 1.69. The highest BCUT2D eigenvalue weighted by Gasteiger charge is 2.24. The Morgan fingerprint density at radius 3 is 1.75 bits per heavy atom. The molecule has 3 nitrogen and oxygen atoms in total. The monoisotopic (exact) mass is 342 g/mol. The van der Waals surface area contributed by atoms with E-state index < -0.39 is 0 Å². The van der Waals surface area contributed by atoms with Gasteiger partial charge in [-0.25, -0.2) is 0 Å². The van der Waals surface area contributed by atoms with Crippen molar-refractivity contribution in [2.45, 2.75) is 110 Å². The van der Waals surface area contributed by atoms with Crippen LogP contribution in [-0.4, -0.2) is 31.2 Å². The fourth-order valence-corrected chi connectivity index (χ4v) is 3.41. The zero-order chi connectivity index (χ0) is 17.3. The van der Waals surface area contributed by atoms with E-state index in [1.165, 1.54) is 83.5 Å². The average molecular weight is 343 g/mol. The smallest absolute Gasteiger partial charge is 0.158 e. The summed E-state index contributed by atoms with van der Waals surface area (Å²) < 4.78 is 11.2. The Bertz CT molecular complexity index is 257. The predicted molar refractivity (Wildman–Crippen MR) is 101 cm³/mol. The average Bonchev–Trinajstić information content (AvgIpc) is 3.06. The van der Waals surface area contributed by atoms with Crippen LogP contribution in [0.1, 0.15) is 103 Å². The number of aliphatic hydroxyl groups is 1. The number of rotatable bonds is 17. The molecular weight excluding hydrogens is 300 g/mol. The van der Waals surface area contributed by atoms with Crippen LogP contribution in [0.2, 0.25) is 0 Å². The highest BCUT2D eigenvalue weighted by molar-refractivity contribution is 4.66. The van der Waals surface area contributed by atoms with Gasteiger partial charge in [0.05, 0.1) is 6.61 Å². The number of hydrogen-bond donors (Lipinski definition) is 1. The molecule has 2 atom stereocenters. The number of unbranched alkanes of at least 4 members (excludes halogenated alkanes) is 13. The second-order valence-electron chi connectivity index (χ2n) is 7.51. The normalized spacial score (nSPS) is 20.8. The van der Waals surface area contributed by atoms with Crippen LogP contribution in [0.5, 0.6) is 0 Å². The van der Waals surface area contributed by atoms with Gasteiger partial charge in [0.15, 0.2) is 6.29 Å². The highest BCUT2D eigenvalue weighted by Crippen LogP contribution is 2.20. The van der Waals surface area contributed by atoms with Crippen molar-refractivity contribution in [2.75, 3.05) is 19.8 Å². The van der Waals surface area contributed by atoms with Crippen molar-refractivity contribution < 1.29 is 14.6 Å². The van der Waals surface area contributed by atoms with Gasteiger partial charge >= 0.3 is 0 Å². The van der Waals surface area contributed by atoms with Crippen molar-refractivity contribution in [3.8, 4) is 0 Å². The summed E-state index contributed by atoms with van der Waals surface area (Å²) in [5.41, 5.74) is 0. The van der Waals surface area contributed by atoms with E-state index in [0.717, 1.165) is 19.4 Å². The maximum absolute atomic E-state index is 9.05. The van der Waals surface area contributed by atoms with Crippen molar-refractivity contribution in [3.63, 3.8) is 0 Å². The lowest BCUT2D eigenvalue weighted by Crippen LogP contribution is -2.12. The summed E-state index contributed by atoms with van der Waals surface area (Å²) in [5.74, 6) is 0.284. The van der Waals surface area contributed by atoms with Gasteiger partial charge in [0.1, 0.15) is 0 Å². The van der Waals surface area contributed by atoms with Gasteiger partial charge in [-0.1, -0.05) is 90.4 Å². The van der Waals surface area contributed by atoms with Gasteiger partial charge in [0, 0.05) is 25.6 Å². The molecular formula is C21H42O3. The lowest BCUT2D eigenvalue weighted by atomic mass is 10.0. The molecule has 0 aromatic carbocycles. The standard InChI is InChI=1S/C21H42O3/c1-2-3-4-5-6-7-8-9-10-11-12-13-14-15-16-23-21-17-20(18-22)19-24-21/h20-22H,2-19H2,1H3. The minimum absolute atomic E-state index is 0.0656. The Morgan fingerprint density at radius 1 is 0.792 bits per heavy atom. The van der Waals surface area contributed by atoms with Crippen LogP contribution in [0.4, 0.5) is 0 Å². The molecule has 3 heteroatoms. The first-order valence-electron chi connectivity index (χ1n) is 10.7. The van der Waals surface area contributed by atoms with E-state index >= 15 is 0 Å². The van der Waals surface area contributed by atoms with Crippen LogP contribution in [0.15, 0.2) is 0 Å². The van der Waals surface area contributed by atoms with E-state index in [2.05, 4.69) is 6.92 Å². The Morgan fingerprint density at radius 2 is 1.29 bits per heavy atom. The summed E-state index contributed by atoms with van der Waals surface area (Å²) in [6.07, 6.45) is 20.2. The Labute approximate surface area is 150 Å². The third kappa shape index (κ3) is 12.3. The van der Waals surface area contributed by atoms with Crippen molar-refractivity contribution in [3.05, 3.63) is 0 Å². The maximum atomic E-state index is 9.05. The molecule has 1 heterocycles. The molecule has 1 aliphatic rings. The second-order valence-corrected chi connectivity index (χ2v) is 7.51. The van der Waals surface area contributed by atoms with Gasteiger partial charge in [-0.2, -0.15) is 0 Å². The molecule has 1 saturated heterocycles. The van der Waals surface area contributed by atoms with E-state index in [0.29, 0.717) is 6.61 Å². The zero-order valence-electron chi connectivity index (χ0n) is 16.1. The summed E-state index contributed by atoms with van der Waals surface area (Å²) in [5, 5.41) is 9.05. The predicted octanol–water partition coefficient (Wildman–Crippen LogP) is 5.84. The molecule has 0 spiro atoms. The number of aliphatic hydroxyl groups excluding tert-OH is 1. The summed E-state index contributed by atoms with van der Waals surface area (Å²) in [4.78, 5) is 0. The fraction of sp³-hybridized carbons (Fsp3) is 1.00. The number of hydrogen-bond acceptors (Lipinski definition) is 3. The van der Waals surface area contributed by atoms with Gasteiger partial charge in [-0.15, -0.1) is 0 Å². The molecule has 1 aliphatic heterocycles. The summed E-state index contributed by atoms with van der Waals surface area (Å²) in [6, 6.07) is 0. The van der Waals surface area contributed by atoms with E-state index in [9.17, 15) is 0 Å². The van der Waals surface area contributed by atoms with E-state index in [1.807, 2.05) is 0 Å². The van der Waals surface area contributed by atoms with Crippen molar-refractivity contribution in [2.24, 2.45) is 5.92 Å². The molecule has 1 rings (SSSR count). The lowest BCUT2D eigenvalue weighted by molar-refractivity contribution is -0.111. The topological polar surface area (TPSA) is 38.7 Å². The highest BCUT2D eigenvalue weighted by atomic mass is 16.7. The largest absolute Gasteiger partial charge is 0.396 e. The van der Waals surface area contributed by atoms with Crippen LogP contribution < -0.4 is 0 Å². The van der Waals surface area contributed by atoms with Crippen LogP contribution in [-0.2, 0) is 9.47 Å². The van der Waals surface area contributed by atoms with Crippen LogP contribution >= 0.6 is 0 Å². The first-order valence-corrected chi connectivity index (χ1v) is 10.7. The van der Waals surface area contributed by atoms with Gasteiger partial charge < -0.3 is 14.6 Å². The van der Waals surface area contributed by atoms with Crippen LogP contribution in [0.25, 0.3) is 0 Å². The fourth-order valence-electron chi connectivity index (χ4n) is 3.41. The van der Waals surface area contributed by atoms with Crippen LogP contribution in [0.3, 0.4) is 0 Å². The van der Waals surface area contributed by atoms with Crippen molar-refractivity contribution in [1.82, 2.24) is 0 Å². The summed E-state index contributed by atoms with van der Waals surface area (Å²) in [6.45, 7) is 3.96. The molecule has 1 fully saturated rings. The molecule has 24 heavy (non-hydrogen) atoms. The van der Waals surface area contributed by atoms with Crippen LogP contribution in [0, 0.1) is 5.92 Å². The molecule has 1 N–H and O–H groups in total. The van der Waals surface area contributed by atoms with Gasteiger partial charge in [0.2, 0.25) is 0 Å². The first kappa shape index (κ1) is 21.9. The molecule has 0 saturated carbocycles. The Kier molecular flexibility index (Phi) is 14.9. The lowest BCUT2D eigenvalue weighted by Gasteiger charge is -2.10. The zero-order valence-corrected chi connectivity index (χ0v) is 16.1.